The summed E-state index contributed by atoms with van der Waals surface area (Å²) < 4.78 is 42.6. The number of aromatic nitrogens is 4. The van der Waals surface area contributed by atoms with Crippen LogP contribution in [-0.2, 0) is 29.5 Å². The van der Waals surface area contributed by atoms with E-state index in [4.69, 9.17) is 0 Å². The summed E-state index contributed by atoms with van der Waals surface area (Å²) in [5.74, 6) is -0.0775. The van der Waals surface area contributed by atoms with Gasteiger partial charge in [0.2, 0.25) is 10.0 Å². The SMILES string of the molecule is C=CCCn1c(=O)n(Cc2ccccc2F)c(=O)c2[nH]c(Cc3ccc(NS(=O)(=O)CC)cc3)nc21. The van der Waals surface area contributed by atoms with E-state index >= 15 is 0 Å². The van der Waals surface area contributed by atoms with Gasteiger partial charge in [0, 0.05) is 24.2 Å². The van der Waals surface area contributed by atoms with Crippen molar-refractivity contribution in [3.05, 3.63) is 105 Å². The van der Waals surface area contributed by atoms with Gasteiger partial charge in [-0.3, -0.25) is 18.7 Å². The van der Waals surface area contributed by atoms with Crippen molar-refractivity contribution in [1.29, 1.82) is 0 Å². The number of benzene rings is 2. The minimum Gasteiger partial charge on any atom is -0.336 e. The van der Waals surface area contributed by atoms with Gasteiger partial charge in [0.05, 0.1) is 12.3 Å². The molecule has 2 aromatic heterocycles. The summed E-state index contributed by atoms with van der Waals surface area (Å²) in [6.45, 7) is 5.30. The highest BCUT2D eigenvalue weighted by Crippen LogP contribution is 2.16. The Kier molecular flexibility index (Phi) is 7.20. The standard InChI is InChI=1S/C25H26FN5O4S/c1-3-5-14-30-23-22(24(32)31(25(30)33)16-18-8-6-7-9-20(18)26)27-21(28-23)15-17-10-12-19(13-11-17)29-36(34,35)4-2/h3,6-13,29H,1,4-5,14-16H2,2H3,(H,27,28). The third-order valence-corrected chi connectivity index (χ3v) is 7.04. The fourth-order valence-electron chi connectivity index (χ4n) is 3.79. The highest BCUT2D eigenvalue weighted by Gasteiger charge is 2.18. The maximum Gasteiger partial charge on any atom is 0.333 e. The second-order valence-electron chi connectivity index (χ2n) is 8.26. The molecule has 2 heterocycles. The average molecular weight is 512 g/mol. The van der Waals surface area contributed by atoms with Crippen LogP contribution in [0, 0.1) is 5.82 Å². The Hall–Kier alpha value is -3.99. The van der Waals surface area contributed by atoms with Crippen LogP contribution in [-0.4, -0.2) is 33.3 Å². The largest absolute Gasteiger partial charge is 0.336 e. The molecule has 4 aromatic rings. The number of aryl methyl sites for hydroxylation is 1. The van der Waals surface area contributed by atoms with E-state index < -0.39 is 27.1 Å². The molecule has 0 saturated heterocycles. The molecular formula is C25H26FN5O4S. The number of hydrogen-bond acceptors (Lipinski definition) is 5. The van der Waals surface area contributed by atoms with E-state index in [0.29, 0.717) is 24.4 Å². The van der Waals surface area contributed by atoms with Crippen molar-refractivity contribution < 1.29 is 12.8 Å². The number of allylic oxidation sites excluding steroid dienone is 1. The molecule has 36 heavy (non-hydrogen) atoms. The van der Waals surface area contributed by atoms with Gasteiger partial charge in [-0.25, -0.2) is 22.6 Å². The Morgan fingerprint density at radius 1 is 1.11 bits per heavy atom. The van der Waals surface area contributed by atoms with E-state index in [-0.39, 0.29) is 35.6 Å². The van der Waals surface area contributed by atoms with Crippen LogP contribution in [0.3, 0.4) is 0 Å². The van der Waals surface area contributed by atoms with Gasteiger partial charge in [0.1, 0.15) is 17.2 Å². The van der Waals surface area contributed by atoms with E-state index in [9.17, 15) is 22.4 Å². The smallest absolute Gasteiger partial charge is 0.333 e. The van der Waals surface area contributed by atoms with Crippen LogP contribution in [0.2, 0.25) is 0 Å². The molecule has 0 bridgehead atoms. The number of anilines is 1. The minimum atomic E-state index is -3.38. The molecular weight excluding hydrogens is 485 g/mol. The van der Waals surface area contributed by atoms with E-state index in [1.807, 2.05) is 0 Å². The van der Waals surface area contributed by atoms with E-state index in [0.717, 1.165) is 10.1 Å². The third kappa shape index (κ3) is 5.30. The first-order valence-corrected chi connectivity index (χ1v) is 13.0. The van der Waals surface area contributed by atoms with E-state index in [1.165, 1.54) is 16.7 Å². The Bertz CT molecular complexity index is 1640. The first kappa shape index (κ1) is 25.1. The lowest BCUT2D eigenvalue weighted by molar-refractivity contribution is 0.568. The van der Waals surface area contributed by atoms with Crippen molar-refractivity contribution >= 4 is 26.9 Å². The van der Waals surface area contributed by atoms with Gasteiger partial charge in [-0.15, -0.1) is 6.58 Å². The first-order chi connectivity index (χ1) is 17.2. The zero-order valence-electron chi connectivity index (χ0n) is 19.7. The summed E-state index contributed by atoms with van der Waals surface area (Å²) in [5.41, 5.74) is 0.695. The van der Waals surface area contributed by atoms with Gasteiger partial charge in [0.25, 0.3) is 5.56 Å². The Balaban J connectivity index is 1.72. The zero-order chi connectivity index (χ0) is 25.9. The van der Waals surface area contributed by atoms with Crippen molar-refractivity contribution in [2.24, 2.45) is 0 Å². The van der Waals surface area contributed by atoms with Gasteiger partial charge in [-0.05, 0) is 37.1 Å². The number of imidazole rings is 1. The Labute approximate surface area is 207 Å². The molecule has 188 valence electrons. The molecule has 0 aliphatic carbocycles. The number of fused-ring (bicyclic) bond motifs is 1. The van der Waals surface area contributed by atoms with Gasteiger partial charge < -0.3 is 4.98 Å². The van der Waals surface area contributed by atoms with E-state index in [1.54, 1.807) is 49.4 Å². The number of sulfonamides is 1. The van der Waals surface area contributed by atoms with Crippen LogP contribution in [0.5, 0.6) is 0 Å². The normalized spacial score (nSPS) is 11.6. The molecule has 0 aliphatic rings. The lowest BCUT2D eigenvalue weighted by Crippen LogP contribution is -2.40. The molecule has 11 heteroatoms. The highest BCUT2D eigenvalue weighted by molar-refractivity contribution is 7.92. The van der Waals surface area contributed by atoms with Crippen molar-refractivity contribution in [3.8, 4) is 0 Å². The lowest BCUT2D eigenvalue weighted by atomic mass is 10.1. The number of halogens is 1. The van der Waals surface area contributed by atoms with Crippen molar-refractivity contribution in [1.82, 2.24) is 19.1 Å². The number of nitrogens with zero attached hydrogens (tertiary/aromatic N) is 3. The molecule has 0 amide bonds. The maximum atomic E-state index is 14.2. The highest BCUT2D eigenvalue weighted by atomic mass is 32.2. The van der Waals surface area contributed by atoms with Crippen LogP contribution >= 0.6 is 0 Å². The Morgan fingerprint density at radius 2 is 1.83 bits per heavy atom. The molecule has 0 atom stereocenters. The predicted octanol–water partition coefficient (Wildman–Crippen LogP) is 3.00. The zero-order valence-corrected chi connectivity index (χ0v) is 20.5. The van der Waals surface area contributed by atoms with Crippen LogP contribution < -0.4 is 16.0 Å². The molecule has 0 aliphatic heterocycles. The second-order valence-corrected chi connectivity index (χ2v) is 10.3. The first-order valence-electron chi connectivity index (χ1n) is 11.4. The summed E-state index contributed by atoms with van der Waals surface area (Å²) in [6, 6.07) is 12.8. The number of aromatic amines is 1. The summed E-state index contributed by atoms with van der Waals surface area (Å²) in [4.78, 5) is 34.0. The fraction of sp³-hybridized carbons (Fsp3) is 0.240. The number of hydrogen-bond donors (Lipinski definition) is 2. The molecule has 9 nitrogen and oxygen atoms in total. The molecule has 0 radical (unpaired) electrons. The van der Waals surface area contributed by atoms with Gasteiger partial charge in [-0.2, -0.15) is 0 Å². The number of H-pyrrole nitrogens is 1. The monoisotopic (exact) mass is 511 g/mol. The van der Waals surface area contributed by atoms with Crippen LogP contribution in [0.1, 0.15) is 30.3 Å². The fourth-order valence-corrected chi connectivity index (χ4v) is 4.43. The maximum absolute atomic E-state index is 14.2. The van der Waals surface area contributed by atoms with Crippen molar-refractivity contribution in [2.75, 3.05) is 10.5 Å². The molecule has 0 saturated carbocycles. The predicted molar refractivity (Wildman–Crippen MR) is 137 cm³/mol. The number of rotatable bonds is 10. The average Bonchev–Trinajstić information content (AvgIpc) is 3.27. The molecule has 4 rings (SSSR count). The topological polar surface area (TPSA) is 119 Å². The molecule has 0 unspecified atom stereocenters. The minimum absolute atomic E-state index is 0.0320. The van der Waals surface area contributed by atoms with Crippen LogP contribution in [0.25, 0.3) is 11.2 Å². The molecule has 0 spiro atoms. The lowest BCUT2D eigenvalue weighted by Gasteiger charge is -2.11. The van der Waals surface area contributed by atoms with Gasteiger partial charge >= 0.3 is 5.69 Å². The molecule has 2 N–H and O–H groups in total. The molecule has 0 fully saturated rings. The number of nitrogens with one attached hydrogen (secondary N) is 2. The van der Waals surface area contributed by atoms with Gasteiger partial charge in [-0.1, -0.05) is 36.4 Å². The van der Waals surface area contributed by atoms with Crippen LogP contribution in [0.4, 0.5) is 10.1 Å². The Morgan fingerprint density at radius 3 is 2.50 bits per heavy atom. The summed E-state index contributed by atoms with van der Waals surface area (Å²) in [7, 11) is -3.38. The van der Waals surface area contributed by atoms with E-state index in [2.05, 4.69) is 21.3 Å². The molecule has 2 aromatic carbocycles. The van der Waals surface area contributed by atoms with Crippen molar-refractivity contribution in [2.45, 2.75) is 32.9 Å². The summed E-state index contributed by atoms with van der Waals surface area (Å²) in [5, 5.41) is 0. The second kappa shape index (κ2) is 10.3. The van der Waals surface area contributed by atoms with Crippen molar-refractivity contribution in [3.63, 3.8) is 0 Å². The summed E-state index contributed by atoms with van der Waals surface area (Å²) in [6.07, 6.45) is 2.45. The quantitative estimate of drug-likeness (QED) is 0.317. The van der Waals surface area contributed by atoms with Gasteiger partial charge in [0.15, 0.2) is 5.65 Å². The third-order valence-electron chi connectivity index (χ3n) is 5.73. The summed E-state index contributed by atoms with van der Waals surface area (Å²) >= 11 is 0. The van der Waals surface area contributed by atoms with Crippen LogP contribution in [0.15, 0.2) is 70.8 Å².